The molecule has 2 aromatic carbocycles. The fourth-order valence-corrected chi connectivity index (χ4v) is 6.50. The Morgan fingerprint density at radius 1 is 1.03 bits per heavy atom. The first-order chi connectivity index (χ1) is 19.0. The number of amides is 2. The predicted molar refractivity (Wildman–Crippen MR) is 155 cm³/mol. The molecule has 3 aromatic rings. The Morgan fingerprint density at radius 2 is 1.82 bits per heavy atom. The van der Waals surface area contributed by atoms with Gasteiger partial charge in [0.15, 0.2) is 0 Å². The second kappa shape index (κ2) is 12.8. The van der Waals surface area contributed by atoms with Crippen molar-refractivity contribution in [3.8, 4) is 5.75 Å². The largest absolute Gasteiger partial charge is 0.497 e. The minimum absolute atomic E-state index is 0.0393. The molecule has 2 heterocycles. The molecule has 206 valence electrons. The summed E-state index contributed by atoms with van der Waals surface area (Å²) in [5, 5.41) is 5.36. The van der Waals surface area contributed by atoms with Crippen LogP contribution >= 0.6 is 11.3 Å². The highest BCUT2D eigenvalue weighted by molar-refractivity contribution is 7.09. The minimum Gasteiger partial charge on any atom is -0.497 e. The Balaban J connectivity index is 1.40. The highest BCUT2D eigenvalue weighted by Crippen LogP contribution is 2.29. The third-order valence-electron chi connectivity index (χ3n) is 7.96. The maximum absolute atomic E-state index is 13.9. The molecular formula is C31H38N4O3S. The quantitative estimate of drug-likeness (QED) is 0.415. The van der Waals surface area contributed by atoms with Crippen molar-refractivity contribution in [2.75, 3.05) is 13.7 Å². The van der Waals surface area contributed by atoms with E-state index in [9.17, 15) is 9.59 Å². The molecule has 0 bridgehead atoms. The second-order valence-electron chi connectivity index (χ2n) is 10.7. The molecule has 39 heavy (non-hydrogen) atoms. The summed E-state index contributed by atoms with van der Waals surface area (Å²) in [6.07, 6.45) is 4.18. The van der Waals surface area contributed by atoms with Crippen LogP contribution in [0.5, 0.6) is 5.75 Å². The summed E-state index contributed by atoms with van der Waals surface area (Å²) in [6.45, 7) is 2.01. The van der Waals surface area contributed by atoms with E-state index in [0.29, 0.717) is 24.3 Å². The van der Waals surface area contributed by atoms with Crippen LogP contribution in [-0.4, -0.2) is 59.4 Å². The van der Waals surface area contributed by atoms with Crippen LogP contribution < -0.4 is 15.8 Å². The van der Waals surface area contributed by atoms with Crippen molar-refractivity contribution < 1.29 is 14.3 Å². The number of ether oxygens (including phenoxy) is 1. The van der Waals surface area contributed by atoms with Crippen LogP contribution in [0.2, 0.25) is 0 Å². The second-order valence-corrected chi connectivity index (χ2v) is 11.7. The molecule has 0 spiro atoms. The van der Waals surface area contributed by atoms with Crippen molar-refractivity contribution in [3.05, 3.63) is 88.1 Å². The number of nitrogens with zero attached hydrogens (tertiary/aromatic N) is 2. The van der Waals surface area contributed by atoms with Gasteiger partial charge in [-0.3, -0.25) is 14.5 Å². The minimum atomic E-state index is -0.536. The number of benzene rings is 2. The lowest BCUT2D eigenvalue weighted by molar-refractivity contribution is -0.125. The third-order valence-corrected chi connectivity index (χ3v) is 8.82. The van der Waals surface area contributed by atoms with E-state index in [1.54, 1.807) is 35.5 Å². The molecule has 1 saturated carbocycles. The van der Waals surface area contributed by atoms with Gasteiger partial charge in [0.25, 0.3) is 5.91 Å². The highest BCUT2D eigenvalue weighted by atomic mass is 32.1. The molecule has 2 atom stereocenters. The van der Waals surface area contributed by atoms with Gasteiger partial charge in [0.2, 0.25) is 5.91 Å². The molecule has 0 radical (unpaired) electrons. The molecule has 2 unspecified atom stereocenters. The molecule has 5 rings (SSSR count). The number of carbonyl (C=O) groups excluding carboxylic acids is 2. The lowest BCUT2D eigenvalue weighted by Crippen LogP contribution is -2.50. The summed E-state index contributed by atoms with van der Waals surface area (Å²) >= 11 is 1.73. The fourth-order valence-electron chi connectivity index (χ4n) is 5.77. The van der Waals surface area contributed by atoms with Crippen molar-refractivity contribution in [3.63, 3.8) is 0 Å². The summed E-state index contributed by atoms with van der Waals surface area (Å²) in [5.74, 6) is 0.419. The number of hydrogen-bond donors (Lipinski definition) is 2. The van der Waals surface area contributed by atoms with E-state index in [1.807, 2.05) is 18.2 Å². The SMILES string of the molecule is COc1cccc(C(=O)N2CC(N(Cc3ccccc3)Cc3cccs3)CC2C(=O)NC2CCC(N)CC2)c1. The van der Waals surface area contributed by atoms with Gasteiger partial charge in [0.1, 0.15) is 11.8 Å². The van der Waals surface area contributed by atoms with Crippen molar-refractivity contribution in [1.29, 1.82) is 0 Å². The van der Waals surface area contributed by atoms with Crippen LogP contribution in [0.25, 0.3) is 0 Å². The van der Waals surface area contributed by atoms with Gasteiger partial charge in [0.05, 0.1) is 7.11 Å². The Morgan fingerprint density at radius 3 is 2.54 bits per heavy atom. The molecule has 2 amide bonds. The van der Waals surface area contributed by atoms with Gasteiger partial charge in [0, 0.05) is 48.2 Å². The van der Waals surface area contributed by atoms with Crippen molar-refractivity contribution in [2.45, 2.75) is 69.4 Å². The standard InChI is InChI=1S/C31H38N4O3S/c1-38-27-10-5-9-23(17-27)31(37)35-20-26(18-29(35)30(36)33-25-14-12-24(32)13-15-25)34(21-28-11-6-16-39-28)19-22-7-3-2-4-8-22/h2-11,16-17,24-26,29H,12-15,18-21,32H2,1H3,(H,33,36). The zero-order chi connectivity index (χ0) is 27.2. The normalized spacial score (nSPS) is 23.1. The highest BCUT2D eigenvalue weighted by Gasteiger charge is 2.42. The van der Waals surface area contributed by atoms with Crippen LogP contribution in [0, 0.1) is 0 Å². The number of rotatable bonds is 9. The number of hydrogen-bond acceptors (Lipinski definition) is 6. The zero-order valence-corrected chi connectivity index (χ0v) is 23.3. The van der Waals surface area contributed by atoms with Gasteiger partial charge >= 0.3 is 0 Å². The topological polar surface area (TPSA) is 87.9 Å². The molecular weight excluding hydrogens is 508 g/mol. The monoisotopic (exact) mass is 546 g/mol. The van der Waals surface area contributed by atoms with E-state index >= 15 is 0 Å². The van der Waals surface area contributed by atoms with Crippen LogP contribution in [-0.2, 0) is 17.9 Å². The Kier molecular flexibility index (Phi) is 8.96. The van der Waals surface area contributed by atoms with Gasteiger partial charge in [-0.05, 0) is 67.3 Å². The van der Waals surface area contributed by atoms with Crippen LogP contribution in [0.15, 0.2) is 72.1 Å². The lowest BCUT2D eigenvalue weighted by Gasteiger charge is -2.30. The van der Waals surface area contributed by atoms with Crippen molar-refractivity contribution in [2.24, 2.45) is 5.73 Å². The number of carbonyl (C=O) groups is 2. The molecule has 2 aliphatic rings. The number of nitrogens with one attached hydrogen (secondary N) is 1. The van der Waals surface area contributed by atoms with E-state index in [4.69, 9.17) is 10.5 Å². The summed E-state index contributed by atoms with van der Waals surface area (Å²) in [6, 6.07) is 21.6. The summed E-state index contributed by atoms with van der Waals surface area (Å²) in [7, 11) is 1.59. The Labute approximate surface area is 234 Å². The van der Waals surface area contributed by atoms with Crippen LogP contribution in [0.3, 0.4) is 0 Å². The number of likely N-dealkylation sites (tertiary alicyclic amines) is 1. The first-order valence-electron chi connectivity index (χ1n) is 13.8. The molecule has 1 aromatic heterocycles. The molecule has 1 aliphatic heterocycles. The molecule has 8 heteroatoms. The van der Waals surface area contributed by atoms with Crippen molar-refractivity contribution in [1.82, 2.24) is 15.1 Å². The van der Waals surface area contributed by atoms with Gasteiger partial charge in [-0.15, -0.1) is 11.3 Å². The molecule has 2 fully saturated rings. The average molecular weight is 547 g/mol. The van der Waals surface area contributed by atoms with E-state index in [0.717, 1.165) is 38.8 Å². The van der Waals surface area contributed by atoms with Crippen molar-refractivity contribution >= 4 is 23.2 Å². The van der Waals surface area contributed by atoms with Crippen LogP contribution in [0.4, 0.5) is 0 Å². The first-order valence-corrected chi connectivity index (χ1v) is 14.7. The molecule has 7 nitrogen and oxygen atoms in total. The third kappa shape index (κ3) is 6.87. The maximum Gasteiger partial charge on any atom is 0.254 e. The first kappa shape index (κ1) is 27.4. The number of thiophene rings is 1. The van der Waals surface area contributed by atoms with Gasteiger partial charge in [-0.1, -0.05) is 42.5 Å². The van der Waals surface area contributed by atoms with E-state index in [1.165, 1.54) is 10.4 Å². The maximum atomic E-state index is 13.9. The van der Waals surface area contributed by atoms with Gasteiger partial charge in [-0.2, -0.15) is 0 Å². The van der Waals surface area contributed by atoms with Crippen LogP contribution in [0.1, 0.15) is 52.9 Å². The Hall–Kier alpha value is -3.20. The number of methoxy groups -OCH3 is 1. The van der Waals surface area contributed by atoms with E-state index < -0.39 is 6.04 Å². The fraction of sp³-hybridized carbons (Fsp3) is 0.419. The van der Waals surface area contributed by atoms with Gasteiger partial charge in [-0.25, -0.2) is 0 Å². The predicted octanol–water partition coefficient (Wildman–Crippen LogP) is 4.43. The van der Waals surface area contributed by atoms with E-state index in [2.05, 4.69) is 52.0 Å². The van der Waals surface area contributed by atoms with Gasteiger partial charge < -0.3 is 20.7 Å². The number of nitrogens with two attached hydrogens (primary N) is 1. The molecule has 3 N–H and O–H groups in total. The Bertz CT molecular complexity index is 1230. The molecule has 1 saturated heterocycles. The summed E-state index contributed by atoms with van der Waals surface area (Å²) < 4.78 is 5.37. The summed E-state index contributed by atoms with van der Waals surface area (Å²) in [5.41, 5.74) is 7.84. The zero-order valence-electron chi connectivity index (χ0n) is 22.5. The molecule has 1 aliphatic carbocycles. The summed E-state index contributed by atoms with van der Waals surface area (Å²) in [4.78, 5) is 33.1. The smallest absolute Gasteiger partial charge is 0.254 e. The lowest BCUT2D eigenvalue weighted by atomic mass is 9.91. The average Bonchev–Trinajstić information content (AvgIpc) is 3.65. The van der Waals surface area contributed by atoms with E-state index in [-0.39, 0.29) is 29.9 Å².